The average molecular weight is 277 g/mol. The quantitative estimate of drug-likeness (QED) is 0.864. The lowest BCUT2D eigenvalue weighted by Crippen LogP contribution is -2.30. The first-order valence-corrected chi connectivity index (χ1v) is 7.62. The number of hydrogen-bond donors (Lipinski definition) is 1. The summed E-state index contributed by atoms with van der Waals surface area (Å²) in [5.74, 6) is 3.15. The van der Waals surface area contributed by atoms with Gasteiger partial charge in [-0.25, -0.2) is 0 Å². The molecule has 3 nitrogen and oxygen atoms in total. The van der Waals surface area contributed by atoms with Crippen LogP contribution in [0.1, 0.15) is 32.3 Å². The van der Waals surface area contributed by atoms with Crippen molar-refractivity contribution >= 4 is 0 Å². The largest absolute Gasteiger partial charge is 0.497 e. The Morgan fingerprint density at radius 2 is 2.15 bits per heavy atom. The van der Waals surface area contributed by atoms with Gasteiger partial charge in [-0.2, -0.15) is 0 Å². The molecule has 1 aromatic carbocycles. The molecule has 0 unspecified atom stereocenters. The maximum Gasteiger partial charge on any atom is 0.122 e. The van der Waals surface area contributed by atoms with Crippen molar-refractivity contribution in [3.63, 3.8) is 0 Å². The zero-order valence-corrected chi connectivity index (χ0v) is 13.1. The minimum Gasteiger partial charge on any atom is -0.497 e. The summed E-state index contributed by atoms with van der Waals surface area (Å²) < 4.78 is 11.6. The topological polar surface area (TPSA) is 30.5 Å². The normalized spacial score (nSPS) is 20.1. The number of nitrogens with one attached hydrogen (secondary N) is 1. The SMILES string of the molecule is COc1ccc(O[C@@H](CC(C)C)[C@H]2CCNC2)c(C)c1. The molecule has 20 heavy (non-hydrogen) atoms. The van der Waals surface area contributed by atoms with Crippen LogP contribution in [-0.2, 0) is 0 Å². The first-order valence-electron chi connectivity index (χ1n) is 7.62. The van der Waals surface area contributed by atoms with E-state index in [1.54, 1.807) is 7.11 Å². The number of benzene rings is 1. The molecule has 2 rings (SSSR count). The number of rotatable bonds is 6. The van der Waals surface area contributed by atoms with Crippen molar-refractivity contribution in [1.82, 2.24) is 5.32 Å². The fourth-order valence-corrected chi connectivity index (χ4v) is 2.84. The van der Waals surface area contributed by atoms with Crippen LogP contribution in [-0.4, -0.2) is 26.3 Å². The van der Waals surface area contributed by atoms with Gasteiger partial charge in [0.25, 0.3) is 0 Å². The monoisotopic (exact) mass is 277 g/mol. The molecule has 0 spiro atoms. The molecular formula is C17H27NO2. The van der Waals surface area contributed by atoms with Crippen molar-refractivity contribution in [3.8, 4) is 11.5 Å². The van der Waals surface area contributed by atoms with E-state index < -0.39 is 0 Å². The molecule has 3 heteroatoms. The highest BCUT2D eigenvalue weighted by molar-refractivity contribution is 5.39. The molecule has 0 aliphatic carbocycles. The predicted octanol–water partition coefficient (Wildman–Crippen LogP) is 3.41. The minimum atomic E-state index is 0.303. The van der Waals surface area contributed by atoms with E-state index in [0.717, 1.165) is 36.6 Å². The number of hydrogen-bond acceptors (Lipinski definition) is 3. The van der Waals surface area contributed by atoms with E-state index in [9.17, 15) is 0 Å². The van der Waals surface area contributed by atoms with Crippen LogP contribution in [0, 0.1) is 18.8 Å². The second-order valence-corrected chi connectivity index (χ2v) is 6.17. The fraction of sp³-hybridized carbons (Fsp3) is 0.647. The fourth-order valence-electron chi connectivity index (χ4n) is 2.84. The molecule has 0 amide bonds. The van der Waals surface area contributed by atoms with Crippen LogP contribution in [0.5, 0.6) is 11.5 Å². The van der Waals surface area contributed by atoms with Gasteiger partial charge >= 0.3 is 0 Å². The van der Waals surface area contributed by atoms with Gasteiger partial charge in [0.1, 0.15) is 17.6 Å². The summed E-state index contributed by atoms with van der Waals surface area (Å²) in [5.41, 5.74) is 1.14. The second kappa shape index (κ2) is 6.98. The lowest BCUT2D eigenvalue weighted by atomic mass is 9.93. The van der Waals surface area contributed by atoms with Gasteiger partial charge in [-0.1, -0.05) is 13.8 Å². The first kappa shape index (κ1) is 15.2. The molecule has 1 saturated heterocycles. The molecule has 1 aliphatic rings. The van der Waals surface area contributed by atoms with E-state index in [1.165, 1.54) is 6.42 Å². The Labute approximate surface area is 122 Å². The van der Waals surface area contributed by atoms with Gasteiger partial charge in [0.05, 0.1) is 7.11 Å². The highest BCUT2D eigenvalue weighted by Gasteiger charge is 2.27. The predicted molar refractivity (Wildman–Crippen MR) is 82.6 cm³/mol. The van der Waals surface area contributed by atoms with Crippen molar-refractivity contribution in [3.05, 3.63) is 23.8 Å². The Morgan fingerprint density at radius 1 is 1.35 bits per heavy atom. The van der Waals surface area contributed by atoms with E-state index in [4.69, 9.17) is 9.47 Å². The molecule has 0 aromatic heterocycles. The molecule has 1 aromatic rings. The summed E-state index contributed by atoms with van der Waals surface area (Å²) in [6.07, 6.45) is 2.63. The Kier molecular flexibility index (Phi) is 5.30. The highest BCUT2D eigenvalue weighted by Crippen LogP contribution is 2.29. The van der Waals surface area contributed by atoms with Crippen LogP contribution in [0.15, 0.2) is 18.2 Å². The Bertz CT molecular complexity index is 425. The van der Waals surface area contributed by atoms with Crippen LogP contribution < -0.4 is 14.8 Å². The van der Waals surface area contributed by atoms with Crippen molar-refractivity contribution in [1.29, 1.82) is 0 Å². The van der Waals surface area contributed by atoms with E-state index in [1.807, 2.05) is 18.2 Å². The van der Waals surface area contributed by atoms with Crippen molar-refractivity contribution < 1.29 is 9.47 Å². The van der Waals surface area contributed by atoms with Crippen LogP contribution in [0.3, 0.4) is 0 Å². The van der Waals surface area contributed by atoms with E-state index >= 15 is 0 Å². The Hall–Kier alpha value is -1.22. The third kappa shape index (κ3) is 3.89. The van der Waals surface area contributed by atoms with Gasteiger partial charge < -0.3 is 14.8 Å². The Balaban J connectivity index is 2.10. The average Bonchev–Trinajstić information content (AvgIpc) is 2.93. The van der Waals surface area contributed by atoms with E-state index in [0.29, 0.717) is 17.9 Å². The molecule has 0 radical (unpaired) electrons. The maximum atomic E-state index is 6.34. The summed E-state index contributed by atoms with van der Waals surface area (Å²) in [6, 6.07) is 6.04. The van der Waals surface area contributed by atoms with Crippen LogP contribution in [0.4, 0.5) is 0 Å². The van der Waals surface area contributed by atoms with Gasteiger partial charge in [0, 0.05) is 12.5 Å². The molecule has 2 atom stereocenters. The third-order valence-corrected chi connectivity index (χ3v) is 3.99. The molecule has 1 N–H and O–H groups in total. The van der Waals surface area contributed by atoms with E-state index in [-0.39, 0.29) is 0 Å². The second-order valence-electron chi connectivity index (χ2n) is 6.17. The number of ether oxygens (including phenoxy) is 2. The van der Waals surface area contributed by atoms with Crippen molar-refractivity contribution in [2.24, 2.45) is 11.8 Å². The van der Waals surface area contributed by atoms with E-state index in [2.05, 4.69) is 26.1 Å². The maximum absolute atomic E-state index is 6.34. The molecular weight excluding hydrogens is 250 g/mol. The van der Waals surface area contributed by atoms with Crippen molar-refractivity contribution in [2.75, 3.05) is 20.2 Å². The number of aryl methyl sites for hydroxylation is 1. The number of methoxy groups -OCH3 is 1. The van der Waals surface area contributed by atoms with Gasteiger partial charge in [0.2, 0.25) is 0 Å². The lowest BCUT2D eigenvalue weighted by Gasteiger charge is -2.27. The minimum absolute atomic E-state index is 0.303. The first-order chi connectivity index (χ1) is 9.60. The molecule has 1 aliphatic heterocycles. The molecule has 0 bridgehead atoms. The van der Waals surface area contributed by atoms with Crippen LogP contribution in [0.2, 0.25) is 0 Å². The summed E-state index contributed by atoms with van der Waals surface area (Å²) in [6.45, 7) is 8.80. The van der Waals surface area contributed by atoms with Gasteiger partial charge in [-0.3, -0.25) is 0 Å². The van der Waals surface area contributed by atoms with Crippen LogP contribution >= 0.6 is 0 Å². The van der Waals surface area contributed by atoms with Crippen LogP contribution in [0.25, 0.3) is 0 Å². The Morgan fingerprint density at radius 3 is 2.70 bits per heavy atom. The molecule has 1 heterocycles. The summed E-state index contributed by atoms with van der Waals surface area (Å²) in [4.78, 5) is 0. The lowest BCUT2D eigenvalue weighted by molar-refractivity contribution is 0.118. The molecule has 1 fully saturated rings. The smallest absolute Gasteiger partial charge is 0.122 e. The third-order valence-electron chi connectivity index (χ3n) is 3.99. The summed E-state index contributed by atoms with van der Waals surface area (Å²) in [7, 11) is 1.70. The summed E-state index contributed by atoms with van der Waals surface area (Å²) >= 11 is 0. The highest BCUT2D eigenvalue weighted by atomic mass is 16.5. The zero-order chi connectivity index (χ0) is 14.5. The molecule has 112 valence electrons. The molecule has 0 saturated carbocycles. The zero-order valence-electron chi connectivity index (χ0n) is 13.1. The van der Waals surface area contributed by atoms with Gasteiger partial charge in [0.15, 0.2) is 0 Å². The standard InChI is InChI=1S/C17H27NO2/c1-12(2)9-17(14-7-8-18-11-14)20-16-6-5-15(19-4)10-13(16)3/h5-6,10,12,14,17-18H,7-9,11H2,1-4H3/t14-,17-/m0/s1. The van der Waals surface area contributed by atoms with Gasteiger partial charge in [-0.05, 0) is 56.0 Å². The van der Waals surface area contributed by atoms with Crippen molar-refractivity contribution in [2.45, 2.75) is 39.7 Å². The summed E-state index contributed by atoms with van der Waals surface area (Å²) in [5, 5.41) is 3.44. The van der Waals surface area contributed by atoms with Gasteiger partial charge in [-0.15, -0.1) is 0 Å².